The van der Waals surface area contributed by atoms with Gasteiger partial charge in [0.05, 0.1) is 0 Å². The number of guanidine groups is 1. The van der Waals surface area contributed by atoms with Gasteiger partial charge in [0, 0.05) is 51.0 Å². The zero-order valence-corrected chi connectivity index (χ0v) is 17.0. The molecule has 1 aliphatic heterocycles. The van der Waals surface area contributed by atoms with Crippen molar-refractivity contribution in [2.24, 2.45) is 4.99 Å². The molecule has 1 aliphatic rings. The molecule has 2 aromatic carbocycles. The van der Waals surface area contributed by atoms with Crippen LogP contribution in [0.3, 0.4) is 0 Å². The fourth-order valence-corrected chi connectivity index (χ4v) is 3.00. The van der Waals surface area contributed by atoms with Crippen LogP contribution >= 0.6 is 24.0 Å². The fraction of sp³-hybridized carbons (Fsp3) is 0.316. The quantitative estimate of drug-likeness (QED) is 0.422. The Morgan fingerprint density at radius 2 is 1.73 bits per heavy atom. The Balaban J connectivity index is 0.00000243. The molecule has 1 saturated heterocycles. The number of halogens is 3. The van der Waals surface area contributed by atoms with Crippen molar-refractivity contribution >= 4 is 35.6 Å². The molecule has 2 aromatic rings. The Morgan fingerprint density at radius 1 is 1.04 bits per heavy atom. The van der Waals surface area contributed by atoms with E-state index in [0.717, 1.165) is 38.3 Å². The number of nitrogens with zero attached hydrogens (tertiary/aromatic N) is 3. The zero-order chi connectivity index (χ0) is 17.6. The number of piperazine rings is 1. The van der Waals surface area contributed by atoms with Gasteiger partial charge in [0.25, 0.3) is 0 Å². The van der Waals surface area contributed by atoms with Gasteiger partial charge in [-0.25, -0.2) is 8.78 Å². The molecular weight excluding hydrogens is 449 g/mol. The summed E-state index contributed by atoms with van der Waals surface area (Å²) in [5.74, 6) is -0.153. The Hall–Kier alpha value is -1.90. The standard InChI is InChI=1S/C19H22F2N4.HI/c1-22-19(23-14-15-13-16(20)7-8-18(15)21)25-11-9-24(10-12-25)17-5-3-2-4-6-17;/h2-8,13H,9-12,14H2,1H3,(H,22,23);1H. The summed E-state index contributed by atoms with van der Waals surface area (Å²) in [5, 5.41) is 3.13. The maximum absolute atomic E-state index is 13.7. The van der Waals surface area contributed by atoms with Gasteiger partial charge in [0.2, 0.25) is 0 Å². The van der Waals surface area contributed by atoms with E-state index in [1.807, 2.05) is 18.2 Å². The molecule has 0 saturated carbocycles. The van der Waals surface area contributed by atoms with Crippen molar-refractivity contribution in [3.05, 3.63) is 65.7 Å². The smallest absolute Gasteiger partial charge is 0.194 e. The molecule has 3 rings (SSSR count). The lowest BCUT2D eigenvalue weighted by Gasteiger charge is -2.37. The minimum Gasteiger partial charge on any atom is -0.368 e. The summed E-state index contributed by atoms with van der Waals surface area (Å²) in [5.41, 5.74) is 1.51. The third-order valence-electron chi connectivity index (χ3n) is 4.36. The minimum atomic E-state index is -0.440. The van der Waals surface area contributed by atoms with E-state index in [0.29, 0.717) is 11.5 Å². The molecule has 26 heavy (non-hydrogen) atoms. The van der Waals surface area contributed by atoms with Crippen molar-refractivity contribution in [2.45, 2.75) is 6.54 Å². The van der Waals surface area contributed by atoms with E-state index in [4.69, 9.17) is 0 Å². The highest BCUT2D eigenvalue weighted by Crippen LogP contribution is 2.16. The minimum absolute atomic E-state index is 0. The summed E-state index contributed by atoms with van der Waals surface area (Å²) in [4.78, 5) is 8.74. The summed E-state index contributed by atoms with van der Waals surface area (Å²) in [6, 6.07) is 13.8. The zero-order valence-electron chi connectivity index (χ0n) is 14.7. The van der Waals surface area contributed by atoms with E-state index < -0.39 is 11.6 Å². The van der Waals surface area contributed by atoms with Crippen molar-refractivity contribution < 1.29 is 8.78 Å². The van der Waals surface area contributed by atoms with Gasteiger partial charge in [-0.3, -0.25) is 4.99 Å². The van der Waals surface area contributed by atoms with Crippen LogP contribution in [-0.4, -0.2) is 44.1 Å². The molecular formula is C19H23F2IN4. The molecule has 4 nitrogen and oxygen atoms in total. The molecule has 0 spiro atoms. The van der Waals surface area contributed by atoms with Crippen molar-refractivity contribution in [3.63, 3.8) is 0 Å². The second-order valence-corrected chi connectivity index (χ2v) is 5.95. The van der Waals surface area contributed by atoms with Crippen LogP contribution in [0.2, 0.25) is 0 Å². The summed E-state index contributed by atoms with van der Waals surface area (Å²) in [6.45, 7) is 3.62. The van der Waals surface area contributed by atoms with Gasteiger partial charge in [-0.1, -0.05) is 18.2 Å². The number of anilines is 1. The number of hydrogen-bond acceptors (Lipinski definition) is 2. The van der Waals surface area contributed by atoms with Crippen LogP contribution in [0, 0.1) is 11.6 Å². The largest absolute Gasteiger partial charge is 0.368 e. The molecule has 0 bridgehead atoms. The average molecular weight is 472 g/mol. The van der Waals surface area contributed by atoms with Crippen molar-refractivity contribution in [1.82, 2.24) is 10.2 Å². The first-order chi connectivity index (χ1) is 12.2. The van der Waals surface area contributed by atoms with Gasteiger partial charge >= 0.3 is 0 Å². The Bertz CT molecular complexity index is 732. The maximum Gasteiger partial charge on any atom is 0.194 e. The first-order valence-electron chi connectivity index (χ1n) is 8.37. The van der Waals surface area contributed by atoms with Gasteiger partial charge in [0.1, 0.15) is 11.6 Å². The fourth-order valence-electron chi connectivity index (χ4n) is 3.00. The lowest BCUT2D eigenvalue weighted by atomic mass is 10.2. The van der Waals surface area contributed by atoms with Crippen molar-refractivity contribution in [2.75, 3.05) is 38.1 Å². The lowest BCUT2D eigenvalue weighted by molar-refractivity contribution is 0.372. The summed E-state index contributed by atoms with van der Waals surface area (Å²) >= 11 is 0. The molecule has 0 amide bonds. The summed E-state index contributed by atoms with van der Waals surface area (Å²) in [6.07, 6.45) is 0. The normalized spacial score (nSPS) is 14.8. The molecule has 1 fully saturated rings. The molecule has 0 unspecified atom stereocenters. The maximum atomic E-state index is 13.7. The molecule has 0 radical (unpaired) electrons. The van der Waals surface area contributed by atoms with Crippen LogP contribution in [0.4, 0.5) is 14.5 Å². The van der Waals surface area contributed by atoms with Gasteiger partial charge in [-0.05, 0) is 30.3 Å². The second-order valence-electron chi connectivity index (χ2n) is 5.95. The van der Waals surface area contributed by atoms with E-state index in [1.165, 1.54) is 11.8 Å². The molecule has 0 atom stereocenters. The average Bonchev–Trinajstić information content (AvgIpc) is 2.66. The van der Waals surface area contributed by atoms with Gasteiger partial charge in [-0.2, -0.15) is 0 Å². The SMILES string of the molecule is CN=C(NCc1cc(F)ccc1F)N1CCN(c2ccccc2)CC1.I. The Morgan fingerprint density at radius 3 is 2.38 bits per heavy atom. The van der Waals surface area contributed by atoms with Crippen LogP contribution in [0.15, 0.2) is 53.5 Å². The van der Waals surface area contributed by atoms with E-state index >= 15 is 0 Å². The predicted octanol–water partition coefficient (Wildman–Crippen LogP) is 3.48. The van der Waals surface area contributed by atoms with Crippen molar-refractivity contribution in [3.8, 4) is 0 Å². The van der Waals surface area contributed by atoms with Crippen LogP contribution in [-0.2, 0) is 6.54 Å². The van der Waals surface area contributed by atoms with Gasteiger partial charge in [0.15, 0.2) is 5.96 Å². The van der Waals surface area contributed by atoms with E-state index in [2.05, 4.69) is 32.2 Å². The number of nitrogens with one attached hydrogen (secondary N) is 1. The number of benzene rings is 2. The third kappa shape index (κ3) is 5.06. The topological polar surface area (TPSA) is 30.9 Å². The van der Waals surface area contributed by atoms with Crippen LogP contribution < -0.4 is 10.2 Å². The number of rotatable bonds is 3. The highest BCUT2D eigenvalue weighted by molar-refractivity contribution is 14.0. The molecule has 140 valence electrons. The highest BCUT2D eigenvalue weighted by Gasteiger charge is 2.19. The van der Waals surface area contributed by atoms with Crippen molar-refractivity contribution in [1.29, 1.82) is 0 Å². The van der Waals surface area contributed by atoms with E-state index in [1.54, 1.807) is 7.05 Å². The molecule has 0 aliphatic carbocycles. The van der Waals surface area contributed by atoms with Crippen LogP contribution in [0.25, 0.3) is 0 Å². The predicted molar refractivity (Wildman–Crippen MR) is 112 cm³/mol. The number of hydrogen-bond donors (Lipinski definition) is 1. The first-order valence-corrected chi connectivity index (χ1v) is 8.37. The van der Waals surface area contributed by atoms with Gasteiger partial charge in [-0.15, -0.1) is 24.0 Å². The van der Waals surface area contributed by atoms with E-state index in [9.17, 15) is 8.78 Å². The monoisotopic (exact) mass is 472 g/mol. The van der Waals surface area contributed by atoms with Crippen LogP contribution in [0.1, 0.15) is 5.56 Å². The van der Waals surface area contributed by atoms with Crippen LogP contribution in [0.5, 0.6) is 0 Å². The molecule has 1 heterocycles. The van der Waals surface area contributed by atoms with E-state index in [-0.39, 0.29) is 30.5 Å². The number of aliphatic imine (C=N–C) groups is 1. The third-order valence-corrected chi connectivity index (χ3v) is 4.36. The first kappa shape index (κ1) is 20.4. The molecule has 0 aromatic heterocycles. The summed E-state index contributed by atoms with van der Waals surface area (Å²) in [7, 11) is 1.70. The Kier molecular flexibility index (Phi) is 7.62. The lowest BCUT2D eigenvalue weighted by Crippen LogP contribution is -2.52. The Labute approximate surface area is 169 Å². The second kappa shape index (κ2) is 9.70. The molecule has 1 N–H and O–H groups in total. The summed E-state index contributed by atoms with van der Waals surface area (Å²) < 4.78 is 27.0. The highest BCUT2D eigenvalue weighted by atomic mass is 127. The van der Waals surface area contributed by atoms with Gasteiger partial charge < -0.3 is 15.1 Å². The molecule has 7 heteroatoms. The number of para-hydroxylation sites is 1.